The second kappa shape index (κ2) is 4.38. The molecule has 4 atom stereocenters. The average molecular weight is 267 g/mol. The zero-order valence-electron chi connectivity index (χ0n) is 9.79. The van der Waals surface area contributed by atoms with Crippen molar-refractivity contribution in [2.75, 3.05) is 12.3 Å². The molecule has 1 aliphatic rings. The third-order valence-electron chi connectivity index (χ3n) is 3.20. The summed E-state index contributed by atoms with van der Waals surface area (Å²) in [5, 5.41) is 36.2. The van der Waals surface area contributed by atoms with E-state index < -0.39 is 31.1 Å². The predicted octanol–water partition coefficient (Wildman–Crippen LogP) is -1.98. The van der Waals surface area contributed by atoms with Gasteiger partial charge in [-0.3, -0.25) is 4.57 Å². The highest BCUT2D eigenvalue weighted by Crippen LogP contribution is 2.32. The second-order valence-corrected chi connectivity index (χ2v) is 4.34. The third-order valence-corrected chi connectivity index (χ3v) is 3.20. The first-order chi connectivity index (χ1) is 9.13. The maximum absolute atomic E-state index is 9.97. The molecule has 9 heteroatoms. The third kappa shape index (κ3) is 1.75. The van der Waals surface area contributed by atoms with Crippen molar-refractivity contribution in [3.8, 4) is 0 Å². The molecule has 0 bridgehead atoms. The zero-order valence-corrected chi connectivity index (χ0v) is 9.79. The van der Waals surface area contributed by atoms with Gasteiger partial charge in [-0.05, 0) is 0 Å². The van der Waals surface area contributed by atoms with Crippen LogP contribution in [0.25, 0.3) is 11.0 Å². The first-order valence-corrected chi connectivity index (χ1v) is 5.69. The van der Waals surface area contributed by atoms with Crippen LogP contribution in [0.3, 0.4) is 0 Å². The molecule has 1 saturated heterocycles. The number of hydrogen-bond acceptors (Lipinski definition) is 8. The van der Waals surface area contributed by atoms with E-state index in [1.165, 1.54) is 17.1 Å². The molecule has 9 nitrogen and oxygen atoms in total. The number of aromatic nitrogens is 4. The number of anilines is 1. The molecule has 102 valence electrons. The van der Waals surface area contributed by atoms with E-state index in [-0.39, 0.29) is 5.82 Å². The molecule has 0 saturated carbocycles. The Morgan fingerprint density at radius 1 is 1.37 bits per heavy atom. The van der Waals surface area contributed by atoms with Gasteiger partial charge in [0.05, 0.1) is 19.1 Å². The number of hydrogen-bond donors (Lipinski definition) is 4. The minimum atomic E-state index is -1.19. The van der Waals surface area contributed by atoms with Crippen molar-refractivity contribution in [2.24, 2.45) is 0 Å². The second-order valence-electron chi connectivity index (χ2n) is 4.34. The number of ether oxygens (including phenoxy) is 1. The Morgan fingerprint density at radius 2 is 2.16 bits per heavy atom. The zero-order chi connectivity index (χ0) is 13.6. The van der Waals surface area contributed by atoms with E-state index in [0.717, 1.165) is 0 Å². The molecule has 0 aliphatic carbocycles. The molecule has 1 aliphatic heterocycles. The fourth-order valence-corrected chi connectivity index (χ4v) is 2.23. The lowest BCUT2D eigenvalue weighted by molar-refractivity contribution is -0.0508. The molecule has 0 spiro atoms. The number of nitrogens with two attached hydrogens (primary N) is 1. The number of nitrogen functional groups attached to an aromatic ring is 1. The standard InChI is InChI=1S/C10H13N5O4/c11-9-6-4(1-13-14-9)12-3-15(6)10-8(18)7(17)5(2-16)19-10/h1,3,5,7-8,10,16-18H,2H2,(H2,11,14)/t5-,7-,8-,10-/m1/s1. The van der Waals surface area contributed by atoms with Gasteiger partial charge in [-0.25, -0.2) is 4.98 Å². The Balaban J connectivity index is 2.06. The van der Waals surface area contributed by atoms with E-state index in [1.54, 1.807) is 0 Å². The van der Waals surface area contributed by atoms with Gasteiger partial charge in [0.25, 0.3) is 0 Å². The molecule has 1 fully saturated rings. The summed E-state index contributed by atoms with van der Waals surface area (Å²) in [6, 6.07) is 0. The summed E-state index contributed by atoms with van der Waals surface area (Å²) in [5.41, 5.74) is 6.70. The molecular weight excluding hydrogens is 254 g/mol. The van der Waals surface area contributed by atoms with Gasteiger partial charge >= 0.3 is 0 Å². The highest BCUT2D eigenvalue weighted by Gasteiger charge is 2.43. The van der Waals surface area contributed by atoms with Gasteiger partial charge in [0.1, 0.15) is 29.3 Å². The lowest BCUT2D eigenvalue weighted by Crippen LogP contribution is -2.33. The van der Waals surface area contributed by atoms with Crippen molar-refractivity contribution in [1.29, 1.82) is 0 Å². The molecule has 3 heterocycles. The van der Waals surface area contributed by atoms with Crippen molar-refractivity contribution in [1.82, 2.24) is 19.7 Å². The van der Waals surface area contributed by atoms with E-state index >= 15 is 0 Å². The Morgan fingerprint density at radius 3 is 2.84 bits per heavy atom. The first kappa shape index (κ1) is 12.2. The summed E-state index contributed by atoms with van der Waals surface area (Å²) in [7, 11) is 0. The van der Waals surface area contributed by atoms with E-state index in [9.17, 15) is 10.2 Å². The summed E-state index contributed by atoms with van der Waals surface area (Å²) in [5.74, 6) is 0.146. The largest absolute Gasteiger partial charge is 0.394 e. The van der Waals surface area contributed by atoms with E-state index in [0.29, 0.717) is 11.0 Å². The molecule has 5 N–H and O–H groups in total. The summed E-state index contributed by atoms with van der Waals surface area (Å²) in [6.45, 7) is -0.392. The van der Waals surface area contributed by atoms with Gasteiger partial charge in [-0.15, -0.1) is 5.10 Å². The Bertz CT molecular complexity index is 603. The van der Waals surface area contributed by atoms with Crippen molar-refractivity contribution in [3.05, 3.63) is 12.5 Å². The number of rotatable bonds is 2. The van der Waals surface area contributed by atoms with Gasteiger partial charge in [-0.1, -0.05) is 0 Å². The molecular formula is C10H13N5O4. The fraction of sp³-hybridized carbons (Fsp3) is 0.500. The van der Waals surface area contributed by atoms with Crippen LogP contribution in [0.4, 0.5) is 5.82 Å². The van der Waals surface area contributed by atoms with Crippen molar-refractivity contribution in [3.63, 3.8) is 0 Å². The summed E-state index contributed by atoms with van der Waals surface area (Å²) in [6.07, 6.45) is -1.25. The SMILES string of the molecule is Nc1nncc2ncn([C@@H]3O[C@H](CO)[C@@H](O)[C@H]3O)c12. The quantitative estimate of drug-likeness (QED) is 0.491. The predicted molar refractivity (Wildman–Crippen MR) is 62.7 cm³/mol. The Hall–Kier alpha value is -1.81. The van der Waals surface area contributed by atoms with Gasteiger partial charge in [0.2, 0.25) is 0 Å². The molecule has 2 aromatic heterocycles. The number of nitrogens with zero attached hydrogens (tertiary/aromatic N) is 4. The lowest BCUT2D eigenvalue weighted by Gasteiger charge is -2.17. The molecule has 19 heavy (non-hydrogen) atoms. The summed E-state index contributed by atoms with van der Waals surface area (Å²) < 4.78 is 6.89. The van der Waals surface area contributed by atoms with Crippen LogP contribution in [0, 0.1) is 0 Å². The molecule has 3 rings (SSSR count). The van der Waals surface area contributed by atoms with Gasteiger partial charge in [0.15, 0.2) is 12.0 Å². The maximum Gasteiger partial charge on any atom is 0.172 e. The number of fused-ring (bicyclic) bond motifs is 1. The molecule has 0 unspecified atom stereocenters. The topological polar surface area (TPSA) is 140 Å². The van der Waals surface area contributed by atoms with E-state index in [1.807, 2.05) is 0 Å². The van der Waals surface area contributed by atoms with Crippen molar-refractivity contribution >= 4 is 16.9 Å². The van der Waals surface area contributed by atoms with Gasteiger partial charge in [0, 0.05) is 0 Å². The van der Waals surface area contributed by atoms with Gasteiger partial charge in [-0.2, -0.15) is 5.10 Å². The maximum atomic E-state index is 9.97. The average Bonchev–Trinajstić information content (AvgIpc) is 2.94. The van der Waals surface area contributed by atoms with Crippen molar-refractivity contribution < 1.29 is 20.1 Å². The van der Waals surface area contributed by atoms with Crippen LogP contribution in [0.2, 0.25) is 0 Å². The van der Waals surface area contributed by atoms with E-state index in [4.69, 9.17) is 15.6 Å². The van der Waals surface area contributed by atoms with Crippen molar-refractivity contribution in [2.45, 2.75) is 24.5 Å². The minimum absolute atomic E-state index is 0.146. The molecule has 2 aromatic rings. The molecule has 0 radical (unpaired) electrons. The fourth-order valence-electron chi connectivity index (χ4n) is 2.23. The first-order valence-electron chi connectivity index (χ1n) is 5.69. The smallest absolute Gasteiger partial charge is 0.172 e. The van der Waals surface area contributed by atoms with E-state index in [2.05, 4.69) is 15.2 Å². The summed E-state index contributed by atoms with van der Waals surface area (Å²) in [4.78, 5) is 4.08. The van der Waals surface area contributed by atoms with Crippen LogP contribution < -0.4 is 5.73 Å². The number of aliphatic hydroxyl groups is 3. The highest BCUT2D eigenvalue weighted by atomic mass is 16.6. The number of imidazole rings is 1. The normalized spacial score (nSPS) is 31.1. The van der Waals surface area contributed by atoms with Crippen LogP contribution >= 0.6 is 0 Å². The highest BCUT2D eigenvalue weighted by molar-refractivity contribution is 5.83. The van der Waals surface area contributed by atoms with Gasteiger partial charge < -0.3 is 25.8 Å². The van der Waals surface area contributed by atoms with Crippen LogP contribution in [-0.2, 0) is 4.74 Å². The monoisotopic (exact) mass is 267 g/mol. The van der Waals surface area contributed by atoms with Crippen LogP contribution in [0.1, 0.15) is 6.23 Å². The Labute approximate surface area is 107 Å². The van der Waals surface area contributed by atoms with Crippen LogP contribution in [0.15, 0.2) is 12.5 Å². The molecule has 0 amide bonds. The Kier molecular flexibility index (Phi) is 2.82. The lowest BCUT2D eigenvalue weighted by atomic mass is 10.1. The minimum Gasteiger partial charge on any atom is -0.394 e. The van der Waals surface area contributed by atoms with Crippen LogP contribution in [0.5, 0.6) is 0 Å². The van der Waals surface area contributed by atoms with Crippen LogP contribution in [-0.4, -0.2) is 60.0 Å². The number of aliphatic hydroxyl groups excluding tert-OH is 3. The summed E-state index contributed by atoms with van der Waals surface area (Å²) >= 11 is 0. The molecule has 0 aromatic carbocycles.